The van der Waals surface area contributed by atoms with E-state index in [0.717, 1.165) is 6.07 Å². The highest BCUT2D eigenvalue weighted by atomic mass is 19.1. The fraction of sp³-hybridized carbons (Fsp3) is 0. The van der Waals surface area contributed by atoms with Crippen molar-refractivity contribution in [2.45, 2.75) is 0 Å². The molecule has 0 amide bonds. The van der Waals surface area contributed by atoms with Crippen molar-refractivity contribution in [3.8, 4) is 0 Å². The molecular weight excluding hydrogens is 211 g/mol. The third-order valence-electron chi connectivity index (χ3n) is 1.58. The second-order valence-corrected chi connectivity index (χ2v) is 2.72. The van der Waals surface area contributed by atoms with Gasteiger partial charge >= 0.3 is 5.82 Å². The van der Waals surface area contributed by atoms with Crippen LogP contribution in [0.1, 0.15) is 0 Å². The van der Waals surface area contributed by atoms with Gasteiger partial charge in [-0.25, -0.2) is 0 Å². The second-order valence-electron chi connectivity index (χ2n) is 2.72. The number of benzene rings is 1. The Morgan fingerprint density at radius 2 is 1.56 bits per heavy atom. The molecule has 0 aliphatic heterocycles. The van der Waals surface area contributed by atoms with Crippen molar-refractivity contribution in [2.75, 3.05) is 0 Å². The van der Waals surface area contributed by atoms with Crippen molar-refractivity contribution < 1.29 is 9.31 Å². The molecule has 0 radical (unpaired) electrons. The predicted molar refractivity (Wildman–Crippen MR) is 57.3 cm³/mol. The molecule has 4 nitrogen and oxygen atoms in total. The number of nitro groups is 1. The third-order valence-corrected chi connectivity index (χ3v) is 1.58. The van der Waals surface area contributed by atoms with E-state index >= 15 is 0 Å². The predicted octanol–water partition coefficient (Wildman–Crippen LogP) is 2.82. The van der Waals surface area contributed by atoms with Crippen molar-refractivity contribution >= 4 is 5.82 Å². The van der Waals surface area contributed by atoms with E-state index in [4.69, 9.17) is 0 Å². The van der Waals surface area contributed by atoms with Crippen LogP contribution in [0.2, 0.25) is 0 Å². The summed E-state index contributed by atoms with van der Waals surface area (Å²) in [6, 6.07) is 14.3. The molecule has 0 spiro atoms. The molecule has 5 heteroatoms. The number of pyridine rings is 1. The van der Waals surface area contributed by atoms with Crippen LogP contribution >= 0.6 is 0 Å². The number of hydrogen-bond acceptors (Lipinski definition) is 3. The van der Waals surface area contributed by atoms with Crippen LogP contribution in [0.3, 0.4) is 0 Å². The fourth-order valence-electron chi connectivity index (χ4n) is 0.897. The smallest absolute Gasteiger partial charge is 0.358 e. The van der Waals surface area contributed by atoms with E-state index in [1.807, 2.05) is 36.4 Å². The van der Waals surface area contributed by atoms with Gasteiger partial charge in [0.05, 0.1) is 0 Å². The molecule has 82 valence electrons. The zero-order valence-electron chi connectivity index (χ0n) is 8.29. The number of nitrogens with zero attached hydrogens (tertiary/aromatic N) is 2. The lowest BCUT2D eigenvalue weighted by Crippen LogP contribution is -1.94. The Labute approximate surface area is 91.5 Å². The van der Waals surface area contributed by atoms with Crippen molar-refractivity contribution in [1.82, 2.24) is 4.98 Å². The van der Waals surface area contributed by atoms with E-state index in [0.29, 0.717) is 0 Å². The van der Waals surface area contributed by atoms with Crippen LogP contribution in [-0.2, 0) is 0 Å². The van der Waals surface area contributed by atoms with Crippen LogP contribution in [0.25, 0.3) is 0 Å². The zero-order valence-corrected chi connectivity index (χ0v) is 8.29. The van der Waals surface area contributed by atoms with Crippen LogP contribution in [0.5, 0.6) is 0 Å². The van der Waals surface area contributed by atoms with Gasteiger partial charge < -0.3 is 10.1 Å². The molecule has 0 aliphatic rings. The van der Waals surface area contributed by atoms with Gasteiger partial charge in [0.25, 0.3) is 0 Å². The van der Waals surface area contributed by atoms with Gasteiger partial charge in [-0.2, -0.15) is 4.39 Å². The fourth-order valence-corrected chi connectivity index (χ4v) is 0.897. The van der Waals surface area contributed by atoms with Crippen molar-refractivity contribution in [2.24, 2.45) is 0 Å². The lowest BCUT2D eigenvalue weighted by Gasteiger charge is -1.89. The maximum Gasteiger partial charge on any atom is 0.399 e. The van der Waals surface area contributed by atoms with Crippen molar-refractivity contribution in [3.05, 3.63) is 70.7 Å². The highest BCUT2D eigenvalue weighted by Crippen LogP contribution is 2.09. The third kappa shape index (κ3) is 3.83. The molecule has 0 N–H and O–H groups in total. The molecule has 0 saturated carbocycles. The van der Waals surface area contributed by atoms with Crippen molar-refractivity contribution in [1.29, 1.82) is 0 Å². The first-order valence-electron chi connectivity index (χ1n) is 4.46. The zero-order chi connectivity index (χ0) is 11.8. The summed E-state index contributed by atoms with van der Waals surface area (Å²) < 4.78 is 12.3. The molecule has 1 aromatic carbocycles. The van der Waals surface area contributed by atoms with E-state index in [1.54, 1.807) is 0 Å². The van der Waals surface area contributed by atoms with Crippen LogP contribution in [0, 0.1) is 15.9 Å². The number of hydrogen-bond donors (Lipinski definition) is 0. The normalized spacial score (nSPS) is 8.81. The van der Waals surface area contributed by atoms with E-state index in [9.17, 15) is 14.5 Å². The largest absolute Gasteiger partial charge is 0.399 e. The number of aromatic nitrogens is 1. The highest BCUT2D eigenvalue weighted by Gasteiger charge is 2.12. The molecule has 16 heavy (non-hydrogen) atoms. The summed E-state index contributed by atoms with van der Waals surface area (Å²) in [5, 5.41) is 9.92. The summed E-state index contributed by atoms with van der Waals surface area (Å²) in [4.78, 5) is 12.3. The lowest BCUT2D eigenvalue weighted by molar-refractivity contribution is -0.392. The summed E-state index contributed by atoms with van der Waals surface area (Å²) in [6.07, 6.45) is 1.17. The Morgan fingerprint density at radius 3 is 1.88 bits per heavy atom. The highest BCUT2D eigenvalue weighted by molar-refractivity contribution is 5.19. The maximum atomic E-state index is 12.3. The Hall–Kier alpha value is -2.30. The van der Waals surface area contributed by atoms with E-state index in [2.05, 4.69) is 4.98 Å². The van der Waals surface area contributed by atoms with E-state index in [-0.39, 0.29) is 0 Å². The molecule has 0 atom stereocenters. The Kier molecular flexibility index (Phi) is 4.59. The van der Waals surface area contributed by atoms with Crippen molar-refractivity contribution in [3.63, 3.8) is 0 Å². The summed E-state index contributed by atoms with van der Waals surface area (Å²) in [5.41, 5.74) is 0. The minimum atomic E-state index is -0.910. The molecular formula is C11H9FN2O2. The summed E-state index contributed by atoms with van der Waals surface area (Å²) >= 11 is 0. The molecule has 0 unspecified atom stereocenters. The topological polar surface area (TPSA) is 56.0 Å². The first-order chi connectivity index (χ1) is 7.72. The average molecular weight is 220 g/mol. The molecule has 0 fully saturated rings. The van der Waals surface area contributed by atoms with Crippen LogP contribution in [0.4, 0.5) is 10.2 Å². The minimum Gasteiger partial charge on any atom is -0.358 e. The van der Waals surface area contributed by atoms with Gasteiger partial charge in [-0.1, -0.05) is 36.4 Å². The molecule has 1 aromatic heterocycles. The minimum absolute atomic E-state index is 0.734. The number of halogens is 1. The van der Waals surface area contributed by atoms with E-state index < -0.39 is 16.6 Å². The Balaban J connectivity index is 0.000000181. The first-order valence-corrected chi connectivity index (χ1v) is 4.46. The Morgan fingerprint density at radius 1 is 1.06 bits per heavy atom. The summed E-state index contributed by atoms with van der Waals surface area (Å²) in [5.74, 6) is -1.64. The molecule has 0 saturated heterocycles. The lowest BCUT2D eigenvalue weighted by atomic mass is 10.4. The molecule has 0 aliphatic carbocycles. The second kappa shape index (κ2) is 6.23. The monoisotopic (exact) mass is 220 g/mol. The van der Waals surface area contributed by atoms with Gasteiger partial charge in [0.2, 0.25) is 5.82 Å². The van der Waals surface area contributed by atoms with Crippen LogP contribution in [-0.4, -0.2) is 9.91 Å². The number of rotatable bonds is 1. The summed E-state index contributed by atoms with van der Waals surface area (Å²) in [7, 11) is 0. The van der Waals surface area contributed by atoms with Gasteiger partial charge in [-0.05, 0) is 22.0 Å². The van der Waals surface area contributed by atoms with Crippen LogP contribution in [0.15, 0.2) is 54.7 Å². The quantitative estimate of drug-likeness (QED) is 0.548. The van der Waals surface area contributed by atoms with Crippen LogP contribution < -0.4 is 0 Å². The molecule has 0 bridgehead atoms. The van der Waals surface area contributed by atoms with E-state index in [1.165, 1.54) is 12.3 Å². The molecule has 2 rings (SSSR count). The van der Waals surface area contributed by atoms with Gasteiger partial charge in [-0.15, -0.1) is 0 Å². The SMILES string of the molecule is O=[N+]([O-])c1ncccc1F.c1ccccc1. The standard InChI is InChI=1S/C6H6.C5H3FN2O2/c1-2-4-6-5-3-1;6-4-2-1-3-7-5(4)8(9)10/h1-6H;1-3H. The maximum absolute atomic E-state index is 12.3. The first kappa shape index (κ1) is 11.8. The molecule has 2 aromatic rings. The van der Waals surface area contributed by atoms with Gasteiger partial charge in [0.1, 0.15) is 6.20 Å². The molecule has 1 heterocycles. The average Bonchev–Trinajstić information content (AvgIpc) is 2.32. The van der Waals surface area contributed by atoms with Gasteiger partial charge in [-0.3, -0.25) is 0 Å². The van der Waals surface area contributed by atoms with Gasteiger partial charge in [0.15, 0.2) is 0 Å². The summed E-state index contributed by atoms with van der Waals surface area (Å²) in [6.45, 7) is 0. The Bertz CT molecular complexity index is 422. The van der Waals surface area contributed by atoms with Gasteiger partial charge in [0, 0.05) is 0 Å².